The topological polar surface area (TPSA) is 48.9 Å². The zero-order valence-corrected chi connectivity index (χ0v) is 7.51. The molecule has 0 amide bonds. The molecule has 0 spiro atoms. The highest BCUT2D eigenvalue weighted by Crippen LogP contribution is 1.98. The first kappa shape index (κ1) is 10.3. The molecule has 0 aromatic carbocycles. The SMILES string of the molecule is C=NNON(C)NC(C)(C)C. The van der Waals surface area contributed by atoms with Crippen molar-refractivity contribution in [2.45, 2.75) is 26.3 Å². The number of hydrogen-bond acceptors (Lipinski definition) is 5. The van der Waals surface area contributed by atoms with Crippen molar-refractivity contribution in [1.82, 2.24) is 16.2 Å². The number of nitrogens with one attached hydrogen (secondary N) is 2. The lowest BCUT2D eigenvalue weighted by Gasteiger charge is -2.26. The summed E-state index contributed by atoms with van der Waals surface area (Å²) in [6.45, 7) is 9.25. The van der Waals surface area contributed by atoms with E-state index in [2.05, 4.69) is 22.8 Å². The van der Waals surface area contributed by atoms with Crippen molar-refractivity contribution in [3.05, 3.63) is 0 Å². The maximum absolute atomic E-state index is 4.81. The molecule has 0 aliphatic carbocycles. The Labute approximate surface area is 67.3 Å². The second-order valence-corrected chi connectivity index (χ2v) is 3.20. The van der Waals surface area contributed by atoms with E-state index in [0.29, 0.717) is 0 Å². The summed E-state index contributed by atoms with van der Waals surface area (Å²) in [5.74, 6) is 0. The van der Waals surface area contributed by atoms with Gasteiger partial charge in [0.15, 0.2) is 0 Å². The average molecular weight is 160 g/mol. The second-order valence-electron chi connectivity index (χ2n) is 3.20. The highest BCUT2D eigenvalue weighted by molar-refractivity contribution is 5.21. The Hall–Kier alpha value is -0.650. The van der Waals surface area contributed by atoms with Gasteiger partial charge in [0, 0.05) is 19.3 Å². The highest BCUT2D eigenvalue weighted by atomic mass is 16.8. The van der Waals surface area contributed by atoms with E-state index in [9.17, 15) is 0 Å². The summed E-state index contributed by atoms with van der Waals surface area (Å²) in [6, 6.07) is 0. The molecule has 0 aliphatic heterocycles. The first-order chi connectivity index (χ1) is 4.95. The Morgan fingerprint density at radius 1 is 1.45 bits per heavy atom. The molecule has 5 nitrogen and oxygen atoms in total. The molecule has 0 aromatic heterocycles. The van der Waals surface area contributed by atoms with Crippen LogP contribution in [0.15, 0.2) is 5.10 Å². The largest absolute Gasteiger partial charge is 0.225 e. The fourth-order valence-corrected chi connectivity index (χ4v) is 0.585. The fraction of sp³-hybridized carbons (Fsp3) is 0.833. The van der Waals surface area contributed by atoms with E-state index in [1.807, 2.05) is 20.8 Å². The van der Waals surface area contributed by atoms with Gasteiger partial charge < -0.3 is 0 Å². The molecule has 0 unspecified atom stereocenters. The predicted octanol–water partition coefficient (Wildman–Crippen LogP) is 0.273. The number of hydrogen-bond donors (Lipinski definition) is 2. The van der Waals surface area contributed by atoms with Crippen LogP contribution in [0.5, 0.6) is 0 Å². The number of hydroxylamine groups is 1. The Morgan fingerprint density at radius 2 is 2.00 bits per heavy atom. The normalized spacial score (nSPS) is 11.7. The van der Waals surface area contributed by atoms with Crippen molar-refractivity contribution in [3.8, 4) is 0 Å². The summed E-state index contributed by atoms with van der Waals surface area (Å²) in [4.78, 5) is 4.81. The summed E-state index contributed by atoms with van der Waals surface area (Å²) >= 11 is 0. The van der Waals surface area contributed by atoms with Gasteiger partial charge in [0.25, 0.3) is 0 Å². The first-order valence-corrected chi connectivity index (χ1v) is 3.35. The minimum atomic E-state index is -0.0302. The maximum Gasteiger partial charge on any atom is 0.0314 e. The van der Waals surface area contributed by atoms with Gasteiger partial charge in [-0.05, 0) is 20.8 Å². The van der Waals surface area contributed by atoms with Crippen LogP contribution in [0.2, 0.25) is 0 Å². The third-order valence-corrected chi connectivity index (χ3v) is 0.735. The highest BCUT2D eigenvalue weighted by Gasteiger charge is 2.11. The van der Waals surface area contributed by atoms with Gasteiger partial charge in [-0.2, -0.15) is 15.6 Å². The molecule has 0 fully saturated rings. The lowest BCUT2D eigenvalue weighted by molar-refractivity contribution is -0.236. The number of hydrazone groups is 1. The van der Waals surface area contributed by atoms with E-state index in [-0.39, 0.29) is 5.54 Å². The smallest absolute Gasteiger partial charge is 0.0314 e. The molecule has 2 N–H and O–H groups in total. The van der Waals surface area contributed by atoms with E-state index in [0.717, 1.165) is 0 Å². The number of rotatable bonds is 4. The van der Waals surface area contributed by atoms with Crippen molar-refractivity contribution in [2.75, 3.05) is 7.05 Å². The van der Waals surface area contributed by atoms with Crippen LogP contribution in [0.1, 0.15) is 20.8 Å². The Morgan fingerprint density at radius 3 is 2.36 bits per heavy atom. The molecule has 0 bridgehead atoms. The van der Waals surface area contributed by atoms with Crippen LogP contribution in [0, 0.1) is 0 Å². The van der Waals surface area contributed by atoms with Gasteiger partial charge in [-0.3, -0.25) is 0 Å². The summed E-state index contributed by atoms with van der Waals surface area (Å²) < 4.78 is 0. The molecule has 0 aromatic rings. The van der Waals surface area contributed by atoms with Crippen molar-refractivity contribution in [1.29, 1.82) is 0 Å². The predicted molar refractivity (Wildman–Crippen MR) is 44.4 cm³/mol. The van der Waals surface area contributed by atoms with Crippen LogP contribution in [0.25, 0.3) is 0 Å². The lowest BCUT2D eigenvalue weighted by atomic mass is 10.1. The molecular weight excluding hydrogens is 144 g/mol. The summed E-state index contributed by atoms with van der Waals surface area (Å²) in [5, 5.41) is 4.73. The molecular formula is C6H16N4O. The molecule has 66 valence electrons. The van der Waals surface area contributed by atoms with Crippen LogP contribution in [0.4, 0.5) is 0 Å². The van der Waals surface area contributed by atoms with Gasteiger partial charge in [-0.25, -0.2) is 5.43 Å². The Kier molecular flexibility index (Phi) is 4.02. The van der Waals surface area contributed by atoms with Gasteiger partial charge in [-0.1, -0.05) is 5.17 Å². The zero-order valence-electron chi connectivity index (χ0n) is 7.51. The van der Waals surface area contributed by atoms with E-state index in [4.69, 9.17) is 4.94 Å². The second kappa shape index (κ2) is 4.27. The molecule has 0 atom stereocenters. The van der Waals surface area contributed by atoms with Crippen molar-refractivity contribution >= 4 is 6.72 Å². The summed E-state index contributed by atoms with van der Waals surface area (Å²) in [6.07, 6.45) is 0. The van der Waals surface area contributed by atoms with E-state index < -0.39 is 0 Å². The van der Waals surface area contributed by atoms with Crippen LogP contribution in [-0.2, 0) is 4.94 Å². The minimum Gasteiger partial charge on any atom is -0.225 e. The standard InChI is InChI=1S/C6H16N4O/c1-6(2,3)8-10(5)11-9-7-4/h8-9H,4H2,1-3,5H3. The van der Waals surface area contributed by atoms with Gasteiger partial charge in [0.05, 0.1) is 0 Å². The zero-order chi connectivity index (χ0) is 8.91. The number of hydrazine groups is 1. The third-order valence-electron chi connectivity index (χ3n) is 0.735. The van der Waals surface area contributed by atoms with Crippen molar-refractivity contribution in [2.24, 2.45) is 5.10 Å². The molecule has 5 heteroatoms. The molecule has 0 heterocycles. The van der Waals surface area contributed by atoms with Crippen LogP contribution in [0.3, 0.4) is 0 Å². The number of nitrogens with zero attached hydrogens (tertiary/aromatic N) is 2. The van der Waals surface area contributed by atoms with Gasteiger partial charge >= 0.3 is 0 Å². The fourth-order valence-electron chi connectivity index (χ4n) is 0.585. The molecule has 0 saturated heterocycles. The average Bonchev–Trinajstić information content (AvgIpc) is 1.79. The van der Waals surface area contributed by atoms with Crippen LogP contribution in [-0.4, -0.2) is 24.5 Å². The van der Waals surface area contributed by atoms with Crippen molar-refractivity contribution < 1.29 is 4.94 Å². The summed E-state index contributed by atoms with van der Waals surface area (Å²) in [5.41, 5.74) is 5.23. The molecule has 11 heavy (non-hydrogen) atoms. The van der Waals surface area contributed by atoms with E-state index >= 15 is 0 Å². The van der Waals surface area contributed by atoms with Crippen LogP contribution < -0.4 is 11.0 Å². The Balaban J connectivity index is 3.51. The van der Waals surface area contributed by atoms with Crippen molar-refractivity contribution in [3.63, 3.8) is 0 Å². The van der Waals surface area contributed by atoms with E-state index in [1.165, 1.54) is 5.17 Å². The third kappa shape index (κ3) is 7.24. The van der Waals surface area contributed by atoms with Crippen LogP contribution >= 0.6 is 0 Å². The summed E-state index contributed by atoms with van der Waals surface area (Å²) in [7, 11) is 1.73. The monoisotopic (exact) mass is 160 g/mol. The lowest BCUT2D eigenvalue weighted by Crippen LogP contribution is -2.48. The molecule has 0 radical (unpaired) electrons. The van der Waals surface area contributed by atoms with Gasteiger partial charge in [0.2, 0.25) is 0 Å². The maximum atomic E-state index is 4.81. The quantitative estimate of drug-likeness (QED) is 0.458. The first-order valence-electron chi connectivity index (χ1n) is 3.35. The van der Waals surface area contributed by atoms with E-state index in [1.54, 1.807) is 7.05 Å². The minimum absolute atomic E-state index is 0.0302. The molecule has 0 rings (SSSR count). The molecule has 0 aliphatic rings. The molecule has 0 saturated carbocycles. The van der Waals surface area contributed by atoms with Gasteiger partial charge in [-0.15, -0.1) is 0 Å². The Bertz CT molecular complexity index is 120. The van der Waals surface area contributed by atoms with Gasteiger partial charge in [0.1, 0.15) is 0 Å².